The van der Waals surface area contributed by atoms with E-state index in [2.05, 4.69) is 32.3 Å². The molecule has 1 aliphatic heterocycles. The molecule has 0 saturated carbocycles. The van der Waals surface area contributed by atoms with Crippen LogP contribution in [-0.2, 0) is 35.0 Å². The highest BCUT2D eigenvalue weighted by molar-refractivity contribution is 8.12. The molecule has 2 aromatic rings. The molecule has 10 heteroatoms. The van der Waals surface area contributed by atoms with Gasteiger partial charge < -0.3 is 14.2 Å². The number of benzene rings is 2. The normalized spacial score (nSPS) is 20.4. The smallest absolute Gasteiger partial charge is 0.338 e. The van der Waals surface area contributed by atoms with Crippen LogP contribution < -0.4 is 0 Å². The highest BCUT2D eigenvalue weighted by Gasteiger charge is 2.47. The van der Waals surface area contributed by atoms with Crippen molar-refractivity contribution in [3.05, 3.63) is 78.4 Å². The van der Waals surface area contributed by atoms with Crippen molar-refractivity contribution >= 4 is 41.1 Å². The van der Waals surface area contributed by atoms with Crippen LogP contribution in [-0.4, -0.2) is 69.9 Å². The Hall–Kier alpha value is -2.03. The van der Waals surface area contributed by atoms with Crippen molar-refractivity contribution in [1.82, 2.24) is 0 Å². The van der Waals surface area contributed by atoms with Crippen LogP contribution in [0.3, 0.4) is 0 Å². The molecule has 0 aromatic heterocycles. The topological polar surface area (TPSA) is 96.0 Å². The van der Waals surface area contributed by atoms with Crippen LogP contribution in [0.25, 0.3) is 0 Å². The first-order valence-electron chi connectivity index (χ1n) is 13.2. The number of carbonyl (C=O) groups is 2. The van der Waals surface area contributed by atoms with Crippen molar-refractivity contribution in [1.29, 1.82) is 0 Å². The number of rotatable bonds is 13. The second kappa shape index (κ2) is 17.0. The van der Waals surface area contributed by atoms with Gasteiger partial charge in [0.1, 0.15) is 6.10 Å². The molecular weight excluding hydrogens is 567 g/mol. The molecular formula is C30H41O7PS2. The Balaban J connectivity index is 0.00000103. The van der Waals surface area contributed by atoms with E-state index in [1.165, 1.54) is 48.0 Å². The highest BCUT2D eigenvalue weighted by atomic mass is 32.2. The summed E-state index contributed by atoms with van der Waals surface area (Å²) in [6, 6.07) is 15.9. The molecule has 0 aliphatic carbocycles. The monoisotopic (exact) mass is 608 g/mol. The molecule has 1 heterocycles. The average molecular weight is 609 g/mol. The Morgan fingerprint density at radius 1 is 1.23 bits per heavy atom. The molecule has 0 radical (unpaired) electrons. The molecule has 7 nitrogen and oxygen atoms in total. The van der Waals surface area contributed by atoms with E-state index < -0.39 is 35.6 Å². The van der Waals surface area contributed by atoms with Crippen LogP contribution in [0, 0.1) is 0 Å². The van der Waals surface area contributed by atoms with Crippen molar-refractivity contribution in [3.8, 4) is 0 Å². The van der Waals surface area contributed by atoms with E-state index in [0.29, 0.717) is 25.2 Å². The molecule has 4 atom stereocenters. The predicted octanol–water partition coefficient (Wildman–Crippen LogP) is 6.35. The number of methoxy groups -OCH3 is 1. The van der Waals surface area contributed by atoms with Gasteiger partial charge in [-0.15, -0.1) is 6.58 Å². The first kappa shape index (κ1) is 34.2. The third-order valence-corrected chi connectivity index (χ3v) is 11.1. The molecule has 2 aromatic carbocycles. The van der Waals surface area contributed by atoms with Gasteiger partial charge in [-0.05, 0) is 49.1 Å². The molecule has 220 valence electrons. The van der Waals surface area contributed by atoms with Crippen LogP contribution in [0.2, 0.25) is 0 Å². The molecule has 4 unspecified atom stereocenters. The molecule has 3 rings (SSSR count). The Morgan fingerprint density at radius 2 is 1.90 bits per heavy atom. The van der Waals surface area contributed by atoms with Crippen LogP contribution in [0.1, 0.15) is 48.5 Å². The summed E-state index contributed by atoms with van der Waals surface area (Å²) in [5.41, 5.74) is 2.27. The SMILES string of the molecule is C=CCCC.COC1(C(CSC=O)P(C)Cc2ccccc2)CC(OC(=O)c2ccc(S(C)(=O)=O)cc2)CCO1. The van der Waals surface area contributed by atoms with Crippen LogP contribution in [0.5, 0.6) is 0 Å². The summed E-state index contributed by atoms with van der Waals surface area (Å²) in [5, 5.41) is 0. The fourth-order valence-electron chi connectivity index (χ4n) is 4.42. The summed E-state index contributed by atoms with van der Waals surface area (Å²) >= 11 is 1.20. The highest BCUT2D eigenvalue weighted by Crippen LogP contribution is 2.51. The van der Waals surface area contributed by atoms with Gasteiger partial charge in [-0.25, -0.2) is 13.2 Å². The zero-order valence-electron chi connectivity index (χ0n) is 23.8. The number of thioether (sulfide) groups is 1. The maximum absolute atomic E-state index is 12.8. The first-order chi connectivity index (χ1) is 19.1. The third kappa shape index (κ3) is 10.4. The number of ether oxygens (including phenoxy) is 3. The van der Waals surface area contributed by atoms with Gasteiger partial charge in [0.05, 0.1) is 17.1 Å². The van der Waals surface area contributed by atoms with E-state index in [1.807, 2.05) is 24.3 Å². The average Bonchev–Trinajstić information content (AvgIpc) is 2.94. The Morgan fingerprint density at radius 3 is 2.42 bits per heavy atom. The molecule has 1 fully saturated rings. The Kier molecular flexibility index (Phi) is 14.6. The summed E-state index contributed by atoms with van der Waals surface area (Å²) in [6.45, 7) is 8.23. The zero-order chi connectivity index (χ0) is 29.6. The third-order valence-electron chi connectivity index (χ3n) is 6.57. The van der Waals surface area contributed by atoms with Crippen molar-refractivity contribution in [2.75, 3.05) is 32.4 Å². The van der Waals surface area contributed by atoms with Crippen LogP contribution >= 0.6 is 19.7 Å². The molecule has 0 amide bonds. The lowest BCUT2D eigenvalue weighted by Crippen LogP contribution is -2.53. The lowest BCUT2D eigenvalue weighted by Gasteiger charge is -2.46. The quantitative estimate of drug-likeness (QED) is 0.112. The standard InChI is InChI=1S/C25H31O7PS2.C5H10/c1-30-25(23(17-34-18-26)33(2)16-19-7-5-4-6-8-19)15-21(13-14-31-25)32-24(27)20-9-11-22(12-10-20)35(3,28)29;1-3-5-4-2/h4-12,18,21,23H,13-17H2,1-3H3;3H,1,4-5H2,2H3. The molecule has 0 bridgehead atoms. The van der Waals surface area contributed by atoms with E-state index in [9.17, 15) is 18.0 Å². The molecule has 0 N–H and O–H groups in total. The zero-order valence-corrected chi connectivity index (χ0v) is 26.3. The Bertz CT molecular complexity index is 1170. The number of allylic oxidation sites excluding steroid dienone is 1. The molecule has 0 spiro atoms. The van der Waals surface area contributed by atoms with Crippen LogP contribution in [0.15, 0.2) is 72.1 Å². The minimum Gasteiger partial charge on any atom is -0.458 e. The number of hydrogen-bond donors (Lipinski definition) is 0. The summed E-state index contributed by atoms with van der Waals surface area (Å²) in [5.74, 6) is -0.960. The summed E-state index contributed by atoms with van der Waals surface area (Å²) in [7, 11) is -2.39. The van der Waals surface area contributed by atoms with E-state index in [-0.39, 0.29) is 16.1 Å². The number of unbranched alkanes of at least 4 members (excludes halogenated alkanes) is 1. The van der Waals surface area contributed by atoms with E-state index in [0.717, 1.165) is 24.5 Å². The molecule has 40 heavy (non-hydrogen) atoms. The fourth-order valence-corrected chi connectivity index (χ4v) is 8.80. The summed E-state index contributed by atoms with van der Waals surface area (Å²) in [6.07, 6.45) is 6.71. The van der Waals surface area contributed by atoms with Crippen molar-refractivity contribution in [2.24, 2.45) is 0 Å². The van der Waals surface area contributed by atoms with E-state index in [1.54, 1.807) is 7.11 Å². The van der Waals surface area contributed by atoms with Gasteiger partial charge in [0.2, 0.25) is 0 Å². The minimum absolute atomic E-state index is 0.0616. The number of esters is 1. The number of carbonyl (C=O) groups excluding carboxylic acids is 2. The van der Waals surface area contributed by atoms with Crippen molar-refractivity contribution in [3.63, 3.8) is 0 Å². The Labute approximate surface area is 244 Å². The lowest BCUT2D eigenvalue weighted by atomic mass is 9.99. The largest absolute Gasteiger partial charge is 0.458 e. The van der Waals surface area contributed by atoms with Crippen molar-refractivity contribution < 1.29 is 32.2 Å². The number of sulfone groups is 1. The van der Waals surface area contributed by atoms with E-state index >= 15 is 0 Å². The van der Waals surface area contributed by atoms with Gasteiger partial charge in [0.25, 0.3) is 0 Å². The number of hydrogen-bond acceptors (Lipinski definition) is 8. The predicted molar refractivity (Wildman–Crippen MR) is 165 cm³/mol. The van der Waals surface area contributed by atoms with Crippen LogP contribution in [0.4, 0.5) is 0 Å². The fraction of sp³-hybridized carbons (Fsp3) is 0.467. The second-order valence-electron chi connectivity index (χ2n) is 9.60. The van der Waals surface area contributed by atoms with Gasteiger partial charge in [-0.3, -0.25) is 4.79 Å². The minimum atomic E-state index is -3.35. The molecule has 1 aliphatic rings. The maximum atomic E-state index is 12.8. The molecule has 1 saturated heterocycles. The maximum Gasteiger partial charge on any atom is 0.338 e. The van der Waals surface area contributed by atoms with Gasteiger partial charge in [-0.1, -0.05) is 69.4 Å². The first-order valence-corrected chi connectivity index (χ1v) is 18.2. The van der Waals surface area contributed by atoms with Gasteiger partial charge in [-0.2, -0.15) is 0 Å². The van der Waals surface area contributed by atoms with Gasteiger partial charge in [0, 0.05) is 37.6 Å². The lowest BCUT2D eigenvalue weighted by molar-refractivity contribution is -0.256. The van der Waals surface area contributed by atoms with Gasteiger partial charge >= 0.3 is 5.97 Å². The summed E-state index contributed by atoms with van der Waals surface area (Å²) in [4.78, 5) is 24.1. The van der Waals surface area contributed by atoms with Gasteiger partial charge in [0.15, 0.2) is 21.2 Å². The second-order valence-corrected chi connectivity index (χ2v) is 14.9. The van der Waals surface area contributed by atoms with E-state index in [4.69, 9.17) is 14.2 Å². The van der Waals surface area contributed by atoms with Crippen molar-refractivity contribution in [2.45, 2.75) is 61.2 Å². The summed E-state index contributed by atoms with van der Waals surface area (Å²) < 4.78 is 41.3.